The van der Waals surface area contributed by atoms with E-state index in [1.807, 2.05) is 6.07 Å². The van der Waals surface area contributed by atoms with Crippen LogP contribution in [0.15, 0.2) is 12.4 Å². The van der Waals surface area contributed by atoms with Crippen molar-refractivity contribution in [2.45, 2.75) is 31.7 Å². The van der Waals surface area contributed by atoms with Gasteiger partial charge in [-0.3, -0.25) is 4.79 Å². The normalized spacial score (nSPS) is 24.8. The van der Waals surface area contributed by atoms with Gasteiger partial charge in [-0.05, 0) is 25.7 Å². The van der Waals surface area contributed by atoms with Gasteiger partial charge >= 0.3 is 5.97 Å². The number of methoxy groups -OCH3 is 1. The predicted octanol–water partition coefficient (Wildman–Crippen LogP) is 0.827. The summed E-state index contributed by atoms with van der Waals surface area (Å²) < 4.78 is 4.87. The highest BCUT2D eigenvalue weighted by molar-refractivity contribution is 5.73. The van der Waals surface area contributed by atoms with Gasteiger partial charge in [0.2, 0.25) is 0 Å². The maximum atomic E-state index is 11.8. The van der Waals surface area contributed by atoms with E-state index in [4.69, 9.17) is 4.74 Å². The van der Waals surface area contributed by atoms with Gasteiger partial charge in [-0.1, -0.05) is 0 Å². The molecule has 1 aromatic heterocycles. The van der Waals surface area contributed by atoms with Gasteiger partial charge < -0.3 is 19.6 Å². The molecule has 1 aromatic rings. The van der Waals surface area contributed by atoms with Gasteiger partial charge in [-0.2, -0.15) is 0 Å². The van der Waals surface area contributed by atoms with Crippen LogP contribution in [0.2, 0.25) is 0 Å². The monoisotopic (exact) mass is 320 g/mol. The Hall–Kier alpha value is -1.89. The summed E-state index contributed by atoms with van der Waals surface area (Å²) in [4.78, 5) is 24.8. The number of carbonyl (C=O) groups excluding carboxylic acids is 1. The SMILES string of the molecule is COC(=O)[C@H]1CCCN(c2cc(N3CCCC3CO)ncn2)C1. The predicted molar refractivity (Wildman–Crippen MR) is 86.4 cm³/mol. The molecule has 126 valence electrons. The zero-order chi connectivity index (χ0) is 16.2. The fourth-order valence-electron chi connectivity index (χ4n) is 3.54. The van der Waals surface area contributed by atoms with E-state index < -0.39 is 0 Å². The van der Waals surface area contributed by atoms with E-state index in [1.54, 1.807) is 6.33 Å². The summed E-state index contributed by atoms with van der Waals surface area (Å²) in [7, 11) is 1.44. The molecule has 2 atom stereocenters. The van der Waals surface area contributed by atoms with E-state index in [0.717, 1.165) is 50.4 Å². The maximum absolute atomic E-state index is 11.8. The molecular formula is C16H24N4O3. The molecule has 0 saturated carbocycles. The molecule has 1 N–H and O–H groups in total. The van der Waals surface area contributed by atoms with Crippen LogP contribution in [0.25, 0.3) is 0 Å². The topological polar surface area (TPSA) is 78.8 Å². The van der Waals surface area contributed by atoms with Crippen molar-refractivity contribution in [3.05, 3.63) is 12.4 Å². The molecule has 0 bridgehead atoms. The maximum Gasteiger partial charge on any atom is 0.310 e. The van der Waals surface area contributed by atoms with Crippen molar-refractivity contribution in [2.24, 2.45) is 5.92 Å². The summed E-state index contributed by atoms with van der Waals surface area (Å²) in [6.07, 6.45) is 5.43. The molecule has 2 saturated heterocycles. The van der Waals surface area contributed by atoms with Gasteiger partial charge in [0.05, 0.1) is 25.7 Å². The smallest absolute Gasteiger partial charge is 0.310 e. The standard InChI is InChI=1S/C16H24N4O3/c1-23-16(22)12-4-2-6-19(9-12)14-8-15(18-11-17-14)20-7-3-5-13(20)10-21/h8,11-13,21H,2-7,9-10H2,1H3/t12-,13?/m0/s1. The van der Waals surface area contributed by atoms with E-state index in [-0.39, 0.29) is 24.5 Å². The van der Waals surface area contributed by atoms with Crippen LogP contribution in [0.1, 0.15) is 25.7 Å². The van der Waals surface area contributed by atoms with E-state index in [0.29, 0.717) is 6.54 Å². The van der Waals surface area contributed by atoms with E-state index in [1.165, 1.54) is 7.11 Å². The fourth-order valence-corrected chi connectivity index (χ4v) is 3.54. The number of piperidine rings is 1. The van der Waals surface area contributed by atoms with Gasteiger partial charge in [0.1, 0.15) is 18.0 Å². The Kier molecular flexibility index (Phi) is 4.95. The molecule has 0 aromatic carbocycles. The number of ether oxygens (including phenoxy) is 1. The van der Waals surface area contributed by atoms with Crippen molar-refractivity contribution in [2.75, 3.05) is 43.2 Å². The minimum absolute atomic E-state index is 0.0934. The lowest BCUT2D eigenvalue weighted by Crippen LogP contribution is -2.40. The summed E-state index contributed by atoms with van der Waals surface area (Å²) in [5.41, 5.74) is 0. The highest BCUT2D eigenvalue weighted by atomic mass is 16.5. The second kappa shape index (κ2) is 7.12. The second-order valence-corrected chi connectivity index (χ2v) is 6.21. The minimum Gasteiger partial charge on any atom is -0.469 e. The molecular weight excluding hydrogens is 296 g/mol. The Balaban J connectivity index is 1.75. The van der Waals surface area contributed by atoms with Crippen LogP contribution < -0.4 is 9.80 Å². The van der Waals surface area contributed by atoms with Crippen molar-refractivity contribution >= 4 is 17.6 Å². The Bertz CT molecular complexity index is 554. The lowest BCUT2D eigenvalue weighted by Gasteiger charge is -2.33. The minimum atomic E-state index is -0.149. The number of anilines is 2. The van der Waals surface area contributed by atoms with Crippen LogP contribution in [0, 0.1) is 5.92 Å². The molecule has 3 heterocycles. The molecule has 7 nitrogen and oxygen atoms in total. The molecule has 1 unspecified atom stereocenters. The van der Waals surface area contributed by atoms with E-state index >= 15 is 0 Å². The third-order valence-corrected chi connectivity index (χ3v) is 4.80. The molecule has 23 heavy (non-hydrogen) atoms. The summed E-state index contributed by atoms with van der Waals surface area (Å²) in [6, 6.07) is 2.11. The van der Waals surface area contributed by atoms with Crippen LogP contribution in [0.5, 0.6) is 0 Å². The van der Waals surface area contributed by atoms with Gasteiger partial charge in [0, 0.05) is 25.7 Å². The van der Waals surface area contributed by atoms with Crippen LogP contribution in [0.4, 0.5) is 11.6 Å². The third kappa shape index (κ3) is 3.39. The first-order valence-electron chi connectivity index (χ1n) is 8.25. The molecule has 0 radical (unpaired) electrons. The summed E-state index contributed by atoms with van der Waals surface area (Å²) in [5.74, 6) is 1.45. The lowest BCUT2D eigenvalue weighted by atomic mass is 9.98. The third-order valence-electron chi connectivity index (χ3n) is 4.80. The lowest BCUT2D eigenvalue weighted by molar-refractivity contribution is -0.145. The zero-order valence-electron chi connectivity index (χ0n) is 13.5. The molecule has 3 rings (SSSR count). The number of nitrogens with zero attached hydrogens (tertiary/aromatic N) is 4. The van der Waals surface area contributed by atoms with E-state index in [2.05, 4.69) is 19.8 Å². The summed E-state index contributed by atoms with van der Waals surface area (Å²) in [6.45, 7) is 2.57. The summed E-state index contributed by atoms with van der Waals surface area (Å²) >= 11 is 0. The number of aliphatic hydroxyl groups excluding tert-OH is 1. The van der Waals surface area contributed by atoms with Crippen LogP contribution >= 0.6 is 0 Å². The number of hydrogen-bond donors (Lipinski definition) is 1. The van der Waals surface area contributed by atoms with Crippen LogP contribution in [-0.2, 0) is 9.53 Å². The first kappa shape index (κ1) is 16.0. The van der Waals surface area contributed by atoms with Gasteiger partial charge in [0.25, 0.3) is 0 Å². The first-order chi connectivity index (χ1) is 11.2. The Morgan fingerprint density at radius 3 is 2.87 bits per heavy atom. The molecule has 2 aliphatic heterocycles. The number of carbonyl (C=O) groups is 1. The first-order valence-corrected chi connectivity index (χ1v) is 8.25. The highest BCUT2D eigenvalue weighted by Gasteiger charge is 2.29. The number of hydrogen-bond acceptors (Lipinski definition) is 7. The number of aliphatic hydroxyl groups is 1. The van der Waals surface area contributed by atoms with Gasteiger partial charge in [0.15, 0.2) is 0 Å². The van der Waals surface area contributed by atoms with Gasteiger partial charge in [-0.25, -0.2) is 9.97 Å². The van der Waals surface area contributed by atoms with Crippen molar-refractivity contribution in [3.63, 3.8) is 0 Å². The van der Waals surface area contributed by atoms with Crippen molar-refractivity contribution in [1.29, 1.82) is 0 Å². The average Bonchev–Trinajstić information content (AvgIpc) is 3.10. The van der Waals surface area contributed by atoms with Crippen LogP contribution in [0.3, 0.4) is 0 Å². The largest absolute Gasteiger partial charge is 0.469 e. The molecule has 0 aliphatic carbocycles. The second-order valence-electron chi connectivity index (χ2n) is 6.21. The number of rotatable bonds is 4. The molecule has 7 heteroatoms. The van der Waals surface area contributed by atoms with Crippen molar-refractivity contribution < 1.29 is 14.6 Å². The Morgan fingerprint density at radius 2 is 2.09 bits per heavy atom. The molecule has 2 aliphatic rings. The summed E-state index contributed by atoms with van der Waals surface area (Å²) in [5, 5.41) is 9.49. The van der Waals surface area contributed by atoms with Crippen molar-refractivity contribution in [3.8, 4) is 0 Å². The Labute approximate surface area is 136 Å². The van der Waals surface area contributed by atoms with Crippen LogP contribution in [-0.4, -0.2) is 60.4 Å². The van der Waals surface area contributed by atoms with E-state index in [9.17, 15) is 9.90 Å². The molecule has 0 spiro atoms. The average molecular weight is 320 g/mol. The number of aromatic nitrogens is 2. The fraction of sp³-hybridized carbons (Fsp3) is 0.688. The van der Waals surface area contributed by atoms with Crippen molar-refractivity contribution in [1.82, 2.24) is 9.97 Å². The van der Waals surface area contributed by atoms with Gasteiger partial charge in [-0.15, -0.1) is 0 Å². The zero-order valence-corrected chi connectivity index (χ0v) is 13.5. The molecule has 0 amide bonds. The highest BCUT2D eigenvalue weighted by Crippen LogP contribution is 2.28. The quantitative estimate of drug-likeness (QED) is 0.823. The molecule has 2 fully saturated rings. The number of esters is 1. The Morgan fingerprint density at radius 1 is 1.30 bits per heavy atom.